The molecule has 1 fully saturated rings. The zero-order valence-electron chi connectivity index (χ0n) is 13.8. The summed E-state index contributed by atoms with van der Waals surface area (Å²) >= 11 is 0. The van der Waals surface area contributed by atoms with E-state index >= 15 is 0 Å². The van der Waals surface area contributed by atoms with Crippen LogP contribution >= 0.6 is 0 Å². The van der Waals surface area contributed by atoms with Crippen LogP contribution in [0, 0.1) is 5.82 Å². The Bertz CT molecular complexity index is 493. The molecule has 0 unspecified atom stereocenters. The van der Waals surface area contributed by atoms with E-state index < -0.39 is 0 Å². The SMILES string of the molecule is CN=C(NCc1cccc(F)c1)NC1CCN(C(C)C)CC1. The number of hydrogen-bond acceptors (Lipinski definition) is 2. The van der Waals surface area contributed by atoms with Crippen molar-refractivity contribution in [3.63, 3.8) is 0 Å². The molecular formula is C17H27FN4. The Morgan fingerprint density at radius 1 is 1.36 bits per heavy atom. The maximum atomic E-state index is 13.2. The number of piperidine rings is 1. The number of hydrogen-bond donors (Lipinski definition) is 2. The van der Waals surface area contributed by atoms with Crippen LogP contribution in [0.4, 0.5) is 4.39 Å². The van der Waals surface area contributed by atoms with E-state index in [1.807, 2.05) is 6.07 Å². The summed E-state index contributed by atoms with van der Waals surface area (Å²) in [4.78, 5) is 6.76. The topological polar surface area (TPSA) is 39.7 Å². The van der Waals surface area contributed by atoms with E-state index in [1.54, 1.807) is 19.2 Å². The zero-order chi connectivity index (χ0) is 15.9. The molecule has 0 saturated carbocycles. The summed E-state index contributed by atoms with van der Waals surface area (Å²) in [5.74, 6) is 0.579. The maximum absolute atomic E-state index is 13.2. The van der Waals surface area contributed by atoms with E-state index in [4.69, 9.17) is 0 Å². The van der Waals surface area contributed by atoms with E-state index in [9.17, 15) is 4.39 Å². The Hall–Kier alpha value is -1.62. The lowest BCUT2D eigenvalue weighted by molar-refractivity contribution is 0.167. The van der Waals surface area contributed by atoms with Crippen molar-refractivity contribution in [3.8, 4) is 0 Å². The fraction of sp³-hybridized carbons (Fsp3) is 0.588. The lowest BCUT2D eigenvalue weighted by Gasteiger charge is -2.35. The average molecular weight is 306 g/mol. The van der Waals surface area contributed by atoms with Crippen LogP contribution in [0.25, 0.3) is 0 Å². The number of halogens is 1. The van der Waals surface area contributed by atoms with Crippen LogP contribution in [0.15, 0.2) is 29.3 Å². The van der Waals surface area contributed by atoms with Crippen LogP contribution in [0.2, 0.25) is 0 Å². The molecule has 1 aromatic rings. The quantitative estimate of drug-likeness (QED) is 0.663. The van der Waals surface area contributed by atoms with Crippen molar-refractivity contribution < 1.29 is 4.39 Å². The van der Waals surface area contributed by atoms with E-state index in [0.29, 0.717) is 18.6 Å². The molecular weight excluding hydrogens is 279 g/mol. The van der Waals surface area contributed by atoms with Gasteiger partial charge in [-0.3, -0.25) is 4.99 Å². The molecule has 0 radical (unpaired) electrons. The fourth-order valence-corrected chi connectivity index (χ4v) is 2.78. The largest absolute Gasteiger partial charge is 0.354 e. The number of likely N-dealkylation sites (tertiary alicyclic amines) is 1. The second-order valence-corrected chi connectivity index (χ2v) is 6.10. The van der Waals surface area contributed by atoms with Crippen molar-refractivity contribution >= 4 is 5.96 Å². The van der Waals surface area contributed by atoms with E-state index in [-0.39, 0.29) is 5.82 Å². The highest BCUT2D eigenvalue weighted by atomic mass is 19.1. The molecule has 0 atom stereocenters. The van der Waals surface area contributed by atoms with Gasteiger partial charge in [-0.25, -0.2) is 4.39 Å². The Morgan fingerprint density at radius 2 is 2.09 bits per heavy atom. The molecule has 0 aromatic heterocycles. The van der Waals surface area contributed by atoms with E-state index in [0.717, 1.165) is 37.5 Å². The minimum absolute atomic E-state index is 0.205. The number of benzene rings is 1. The molecule has 0 amide bonds. The summed E-state index contributed by atoms with van der Waals surface area (Å²) < 4.78 is 13.2. The number of rotatable bonds is 4. The highest BCUT2D eigenvalue weighted by Crippen LogP contribution is 2.12. The maximum Gasteiger partial charge on any atom is 0.191 e. The van der Waals surface area contributed by atoms with Gasteiger partial charge >= 0.3 is 0 Å². The molecule has 1 aromatic carbocycles. The first-order valence-electron chi connectivity index (χ1n) is 8.04. The standard InChI is InChI=1S/C17H27FN4/c1-13(2)22-9-7-16(8-10-22)21-17(19-3)20-12-14-5-4-6-15(18)11-14/h4-6,11,13,16H,7-10,12H2,1-3H3,(H2,19,20,21). The van der Waals surface area contributed by atoms with Gasteiger partial charge in [0, 0.05) is 38.8 Å². The minimum atomic E-state index is -0.205. The molecule has 22 heavy (non-hydrogen) atoms. The zero-order valence-corrected chi connectivity index (χ0v) is 13.8. The Labute approximate surface area is 132 Å². The Kier molecular flexibility index (Phi) is 6.19. The summed E-state index contributed by atoms with van der Waals surface area (Å²) in [5, 5.41) is 6.72. The fourth-order valence-electron chi connectivity index (χ4n) is 2.78. The summed E-state index contributed by atoms with van der Waals surface area (Å²) in [7, 11) is 1.77. The van der Waals surface area contributed by atoms with Crippen molar-refractivity contribution in [2.45, 2.75) is 45.3 Å². The van der Waals surface area contributed by atoms with Gasteiger partial charge in [0.15, 0.2) is 5.96 Å². The monoisotopic (exact) mass is 306 g/mol. The third-order valence-corrected chi connectivity index (χ3v) is 4.17. The van der Waals surface area contributed by atoms with Gasteiger partial charge in [-0.05, 0) is 44.4 Å². The lowest BCUT2D eigenvalue weighted by Crippen LogP contribution is -2.49. The van der Waals surface area contributed by atoms with Crippen LogP contribution in [0.3, 0.4) is 0 Å². The van der Waals surface area contributed by atoms with Gasteiger partial charge in [-0.1, -0.05) is 12.1 Å². The van der Waals surface area contributed by atoms with E-state index in [2.05, 4.69) is 34.4 Å². The van der Waals surface area contributed by atoms with Gasteiger partial charge in [-0.2, -0.15) is 0 Å². The molecule has 1 aliphatic rings. The first-order chi connectivity index (χ1) is 10.6. The van der Waals surface area contributed by atoms with Crippen LogP contribution in [0.5, 0.6) is 0 Å². The molecule has 1 heterocycles. The van der Waals surface area contributed by atoms with Crippen LogP contribution < -0.4 is 10.6 Å². The summed E-state index contributed by atoms with van der Waals surface area (Å²) in [5.41, 5.74) is 0.914. The van der Waals surface area contributed by atoms with Gasteiger partial charge in [0.1, 0.15) is 5.82 Å². The second-order valence-electron chi connectivity index (χ2n) is 6.10. The second kappa shape index (κ2) is 8.13. The van der Waals surface area contributed by atoms with Crippen LogP contribution in [0.1, 0.15) is 32.3 Å². The summed E-state index contributed by atoms with van der Waals surface area (Å²) in [6, 6.07) is 7.70. The lowest BCUT2D eigenvalue weighted by atomic mass is 10.0. The molecule has 122 valence electrons. The minimum Gasteiger partial charge on any atom is -0.354 e. The third kappa shape index (κ3) is 4.98. The Morgan fingerprint density at radius 3 is 2.68 bits per heavy atom. The highest BCUT2D eigenvalue weighted by Gasteiger charge is 2.21. The first kappa shape index (κ1) is 16.7. The van der Waals surface area contributed by atoms with Gasteiger partial charge < -0.3 is 15.5 Å². The molecule has 0 spiro atoms. The number of aliphatic imine (C=N–C) groups is 1. The van der Waals surface area contributed by atoms with Gasteiger partial charge in [0.25, 0.3) is 0 Å². The summed E-state index contributed by atoms with van der Waals surface area (Å²) in [6.07, 6.45) is 2.25. The predicted octanol–water partition coefficient (Wildman–Crippen LogP) is 2.36. The summed E-state index contributed by atoms with van der Waals surface area (Å²) in [6.45, 7) is 7.30. The normalized spacial score (nSPS) is 17.8. The molecule has 2 N–H and O–H groups in total. The first-order valence-corrected chi connectivity index (χ1v) is 8.04. The predicted molar refractivity (Wildman–Crippen MR) is 89.5 cm³/mol. The number of nitrogens with zero attached hydrogens (tertiary/aromatic N) is 2. The molecule has 1 saturated heterocycles. The highest BCUT2D eigenvalue weighted by molar-refractivity contribution is 5.79. The number of nitrogens with one attached hydrogen (secondary N) is 2. The van der Waals surface area contributed by atoms with Crippen molar-refractivity contribution in [2.24, 2.45) is 4.99 Å². The van der Waals surface area contributed by atoms with Gasteiger partial charge in [0.05, 0.1) is 0 Å². The van der Waals surface area contributed by atoms with Crippen molar-refractivity contribution in [3.05, 3.63) is 35.6 Å². The van der Waals surface area contributed by atoms with Crippen molar-refractivity contribution in [1.82, 2.24) is 15.5 Å². The van der Waals surface area contributed by atoms with Gasteiger partial charge in [0.2, 0.25) is 0 Å². The third-order valence-electron chi connectivity index (χ3n) is 4.17. The smallest absolute Gasteiger partial charge is 0.191 e. The van der Waals surface area contributed by atoms with Crippen LogP contribution in [-0.2, 0) is 6.54 Å². The molecule has 5 heteroatoms. The molecule has 4 nitrogen and oxygen atoms in total. The van der Waals surface area contributed by atoms with Gasteiger partial charge in [-0.15, -0.1) is 0 Å². The molecule has 0 aliphatic carbocycles. The van der Waals surface area contributed by atoms with E-state index in [1.165, 1.54) is 6.07 Å². The average Bonchev–Trinajstić information content (AvgIpc) is 2.52. The molecule has 1 aliphatic heterocycles. The molecule has 0 bridgehead atoms. The van der Waals surface area contributed by atoms with Crippen LogP contribution in [-0.4, -0.2) is 43.1 Å². The number of guanidine groups is 1. The Balaban J connectivity index is 1.78. The molecule has 2 rings (SSSR count). The van der Waals surface area contributed by atoms with Crippen molar-refractivity contribution in [1.29, 1.82) is 0 Å². The van der Waals surface area contributed by atoms with Crippen molar-refractivity contribution in [2.75, 3.05) is 20.1 Å².